The van der Waals surface area contributed by atoms with Crippen molar-refractivity contribution in [3.8, 4) is 0 Å². The molecule has 0 unspecified atom stereocenters. The minimum absolute atomic E-state index is 0.0618. The van der Waals surface area contributed by atoms with Crippen LogP contribution in [0.15, 0.2) is 42.6 Å². The highest BCUT2D eigenvalue weighted by Gasteiger charge is 2.38. The maximum absolute atomic E-state index is 14.7. The number of amides is 2. The third-order valence-electron chi connectivity index (χ3n) is 8.08. The molecule has 220 valence electrons. The second kappa shape index (κ2) is 12.2. The van der Waals surface area contributed by atoms with Gasteiger partial charge in [0.25, 0.3) is 5.91 Å². The molecule has 5 rings (SSSR count). The van der Waals surface area contributed by atoms with Crippen molar-refractivity contribution in [2.75, 3.05) is 45.9 Å². The fraction of sp³-hybridized carbons (Fsp3) is 0.467. The Kier molecular flexibility index (Phi) is 8.65. The monoisotopic (exact) mass is 574 g/mol. The lowest BCUT2D eigenvalue weighted by molar-refractivity contribution is -0.173. The molecule has 0 spiro atoms. The number of hydrogen-bond acceptors (Lipinski definition) is 4. The molecule has 1 aromatic heterocycles. The lowest BCUT2D eigenvalue weighted by Gasteiger charge is -2.32. The van der Waals surface area contributed by atoms with E-state index in [1.807, 2.05) is 36.6 Å². The minimum Gasteiger partial charge on any atom is -0.379 e. The Hall–Kier alpha value is -3.44. The number of alkyl halides is 3. The number of carbonyl (C=O) groups is 2. The van der Waals surface area contributed by atoms with E-state index in [1.54, 1.807) is 4.90 Å². The molecule has 3 heterocycles. The van der Waals surface area contributed by atoms with Crippen LogP contribution < -0.4 is 5.32 Å². The molecule has 3 aromatic rings. The van der Waals surface area contributed by atoms with Gasteiger partial charge in [0.2, 0.25) is 0 Å². The van der Waals surface area contributed by atoms with Gasteiger partial charge in [-0.1, -0.05) is 30.3 Å². The van der Waals surface area contributed by atoms with Gasteiger partial charge in [0, 0.05) is 57.4 Å². The van der Waals surface area contributed by atoms with Crippen molar-refractivity contribution < 1.29 is 31.9 Å². The van der Waals surface area contributed by atoms with Crippen LogP contribution in [0.25, 0.3) is 10.9 Å². The van der Waals surface area contributed by atoms with Gasteiger partial charge in [-0.2, -0.15) is 13.2 Å². The summed E-state index contributed by atoms with van der Waals surface area (Å²) in [5, 5.41) is 2.74. The molecule has 0 atom stereocenters. The van der Waals surface area contributed by atoms with Gasteiger partial charge in [0.15, 0.2) is 0 Å². The van der Waals surface area contributed by atoms with Gasteiger partial charge < -0.3 is 19.5 Å². The van der Waals surface area contributed by atoms with Gasteiger partial charge in [-0.25, -0.2) is 4.39 Å². The number of likely N-dealkylation sites (tertiary alicyclic amines) is 1. The summed E-state index contributed by atoms with van der Waals surface area (Å²) < 4.78 is 59.9. The van der Waals surface area contributed by atoms with E-state index in [2.05, 4.69) is 9.47 Å². The van der Waals surface area contributed by atoms with Crippen LogP contribution in [0.3, 0.4) is 0 Å². The molecule has 41 heavy (non-hydrogen) atoms. The normalized spacial score (nSPS) is 17.2. The van der Waals surface area contributed by atoms with E-state index in [9.17, 15) is 27.2 Å². The number of nitrogens with zero attached hydrogens (tertiary/aromatic N) is 3. The SMILES string of the molecule is Cc1cccc2c(C(=O)N3CCC(c4cc(CNC(=O)C(F)(F)F)ccc4F)CC3)cn(CCN3CCOCC3)c12. The number of para-hydroxylation sites is 1. The van der Waals surface area contributed by atoms with Crippen LogP contribution in [0.2, 0.25) is 0 Å². The number of aryl methyl sites for hydroxylation is 1. The number of hydrogen-bond donors (Lipinski definition) is 1. The van der Waals surface area contributed by atoms with Crippen LogP contribution in [0.1, 0.15) is 45.8 Å². The van der Waals surface area contributed by atoms with Crippen molar-refractivity contribution in [1.82, 2.24) is 19.7 Å². The summed E-state index contributed by atoms with van der Waals surface area (Å²) in [7, 11) is 0. The lowest BCUT2D eigenvalue weighted by atomic mass is 9.88. The molecular weight excluding hydrogens is 540 g/mol. The summed E-state index contributed by atoms with van der Waals surface area (Å²) in [5.74, 6) is -2.73. The summed E-state index contributed by atoms with van der Waals surface area (Å²) in [6, 6.07) is 10.1. The van der Waals surface area contributed by atoms with Gasteiger partial charge in [-0.05, 0) is 48.4 Å². The van der Waals surface area contributed by atoms with Crippen molar-refractivity contribution >= 4 is 22.7 Å². The third-order valence-corrected chi connectivity index (χ3v) is 8.08. The van der Waals surface area contributed by atoms with Crippen LogP contribution in [-0.4, -0.2) is 78.3 Å². The average Bonchev–Trinajstić information content (AvgIpc) is 3.35. The Morgan fingerprint density at radius 1 is 1.02 bits per heavy atom. The van der Waals surface area contributed by atoms with Crippen LogP contribution in [0.4, 0.5) is 17.6 Å². The quantitative estimate of drug-likeness (QED) is 0.419. The maximum atomic E-state index is 14.7. The summed E-state index contributed by atoms with van der Waals surface area (Å²) in [6.07, 6.45) is -1.98. The molecule has 0 radical (unpaired) electrons. The predicted octanol–water partition coefficient (Wildman–Crippen LogP) is 4.62. The number of benzene rings is 2. The third kappa shape index (κ3) is 6.56. The number of morpholine rings is 1. The number of ether oxygens (including phenoxy) is 1. The van der Waals surface area contributed by atoms with Crippen molar-refractivity contribution in [2.24, 2.45) is 0 Å². The zero-order chi connectivity index (χ0) is 29.1. The highest BCUT2D eigenvalue weighted by Crippen LogP contribution is 2.33. The van der Waals surface area contributed by atoms with Gasteiger partial charge in [-0.3, -0.25) is 14.5 Å². The lowest BCUT2D eigenvalue weighted by Crippen LogP contribution is -2.38. The average molecular weight is 575 g/mol. The topological polar surface area (TPSA) is 66.8 Å². The van der Waals surface area contributed by atoms with Crippen LogP contribution in [0.5, 0.6) is 0 Å². The fourth-order valence-corrected chi connectivity index (χ4v) is 5.83. The summed E-state index contributed by atoms with van der Waals surface area (Å²) in [4.78, 5) is 29.0. The number of rotatable bonds is 7. The van der Waals surface area contributed by atoms with Crippen LogP contribution >= 0.6 is 0 Å². The molecule has 2 amide bonds. The van der Waals surface area contributed by atoms with Crippen molar-refractivity contribution in [3.63, 3.8) is 0 Å². The van der Waals surface area contributed by atoms with Gasteiger partial charge in [-0.15, -0.1) is 0 Å². The Morgan fingerprint density at radius 2 is 1.76 bits per heavy atom. The van der Waals surface area contributed by atoms with Crippen molar-refractivity contribution in [1.29, 1.82) is 0 Å². The number of halogens is 4. The first-order valence-corrected chi connectivity index (χ1v) is 13.9. The molecular formula is C30H34F4N4O3. The highest BCUT2D eigenvalue weighted by atomic mass is 19.4. The molecule has 0 aliphatic carbocycles. The minimum atomic E-state index is -4.98. The van der Waals surface area contributed by atoms with E-state index in [0.717, 1.165) is 55.9 Å². The first-order chi connectivity index (χ1) is 19.6. The van der Waals surface area contributed by atoms with E-state index >= 15 is 0 Å². The molecule has 1 N–H and O–H groups in total. The van der Waals surface area contributed by atoms with Crippen LogP contribution in [0, 0.1) is 12.7 Å². The number of nitrogens with one attached hydrogen (secondary N) is 1. The molecule has 2 fully saturated rings. The molecule has 2 saturated heterocycles. The first-order valence-electron chi connectivity index (χ1n) is 13.9. The summed E-state index contributed by atoms with van der Waals surface area (Å²) >= 11 is 0. The van der Waals surface area contributed by atoms with E-state index in [1.165, 1.54) is 18.2 Å². The molecule has 2 aromatic carbocycles. The van der Waals surface area contributed by atoms with Crippen molar-refractivity contribution in [3.05, 3.63) is 70.7 Å². The molecule has 2 aliphatic heterocycles. The summed E-state index contributed by atoms with van der Waals surface area (Å²) in [5.41, 5.74) is 3.58. The van der Waals surface area contributed by atoms with Gasteiger partial charge >= 0.3 is 12.1 Å². The first kappa shape index (κ1) is 29.1. The molecule has 0 bridgehead atoms. The predicted molar refractivity (Wildman–Crippen MR) is 146 cm³/mol. The zero-order valence-electron chi connectivity index (χ0n) is 23.0. The zero-order valence-corrected chi connectivity index (χ0v) is 23.0. The number of carbonyl (C=O) groups excluding carboxylic acids is 2. The van der Waals surface area contributed by atoms with Gasteiger partial charge in [0.05, 0.1) is 24.3 Å². The highest BCUT2D eigenvalue weighted by molar-refractivity contribution is 6.07. The number of aromatic nitrogens is 1. The Labute approximate surface area is 236 Å². The Morgan fingerprint density at radius 3 is 2.46 bits per heavy atom. The van der Waals surface area contributed by atoms with E-state index < -0.39 is 17.9 Å². The smallest absolute Gasteiger partial charge is 0.379 e. The standard InChI is InChI=1S/C30H34F4N4O3/c1-20-3-2-4-23-25(19-38(27(20)23)12-11-36-13-15-41-16-14-36)28(39)37-9-7-22(8-10-37)24-17-21(5-6-26(24)31)18-35-29(40)30(32,33)34/h2-6,17,19,22H,7-16,18H2,1H3,(H,35,40). The largest absolute Gasteiger partial charge is 0.471 e. The Balaban J connectivity index is 1.26. The number of piperidine rings is 1. The van der Waals surface area contributed by atoms with Gasteiger partial charge in [0.1, 0.15) is 5.82 Å². The second-order valence-electron chi connectivity index (χ2n) is 10.8. The molecule has 2 aliphatic rings. The second-order valence-corrected chi connectivity index (χ2v) is 10.8. The molecule has 7 nitrogen and oxygen atoms in total. The fourth-order valence-electron chi connectivity index (χ4n) is 5.83. The molecule has 11 heteroatoms. The van der Waals surface area contributed by atoms with E-state index in [4.69, 9.17) is 4.74 Å². The molecule has 0 saturated carbocycles. The summed E-state index contributed by atoms with van der Waals surface area (Å²) in [6.45, 7) is 7.44. The van der Waals surface area contributed by atoms with Crippen molar-refractivity contribution in [2.45, 2.75) is 44.9 Å². The van der Waals surface area contributed by atoms with E-state index in [0.29, 0.717) is 42.6 Å². The maximum Gasteiger partial charge on any atom is 0.471 e. The van der Waals surface area contributed by atoms with E-state index in [-0.39, 0.29) is 18.4 Å². The van der Waals surface area contributed by atoms with Crippen LogP contribution in [-0.2, 0) is 22.6 Å². The Bertz CT molecular complexity index is 1410. The number of fused-ring (bicyclic) bond motifs is 1.